The van der Waals surface area contributed by atoms with Gasteiger partial charge in [-0.2, -0.15) is 5.26 Å². The maximum atomic E-state index is 12.5. The summed E-state index contributed by atoms with van der Waals surface area (Å²) in [5, 5.41) is 13.3. The number of amides is 1. The van der Waals surface area contributed by atoms with Crippen molar-refractivity contribution in [3.05, 3.63) is 98.0 Å². The van der Waals surface area contributed by atoms with Gasteiger partial charge in [0.2, 0.25) is 0 Å². The van der Waals surface area contributed by atoms with Crippen LogP contribution in [0.3, 0.4) is 0 Å². The predicted octanol–water partition coefficient (Wildman–Crippen LogP) is 6.76. The van der Waals surface area contributed by atoms with E-state index in [1.54, 1.807) is 43.5 Å². The first-order valence-corrected chi connectivity index (χ1v) is 10.7. The minimum atomic E-state index is -0.524. The Bertz CT molecular complexity index is 1210. The molecule has 0 aliphatic rings. The molecule has 0 atom stereocenters. The highest BCUT2D eigenvalue weighted by molar-refractivity contribution is 6.32. The zero-order chi connectivity index (χ0) is 23.3. The average molecular weight is 465 g/mol. The molecule has 162 valence electrons. The largest absolute Gasteiger partial charge is 0.496 e. The minimum absolute atomic E-state index is 0.0554. The van der Waals surface area contributed by atoms with Crippen LogP contribution >= 0.6 is 23.2 Å². The molecule has 0 spiro atoms. The van der Waals surface area contributed by atoms with Gasteiger partial charge in [0.05, 0.1) is 7.11 Å². The lowest BCUT2D eigenvalue weighted by atomic mass is 9.98. The van der Waals surface area contributed by atoms with Crippen molar-refractivity contribution in [3.8, 4) is 11.8 Å². The number of nitriles is 1. The topological polar surface area (TPSA) is 62.1 Å². The molecule has 0 aliphatic carbocycles. The molecule has 1 amide bonds. The molecule has 32 heavy (non-hydrogen) atoms. The standard InChI is InChI=1S/C26H22Cl2N2O2/c1-16-8-17(2)10-18(9-16)12-23-24(28)13-19(14-25(23)32-3)11-20(15-29)26(31)30-22-6-4-21(27)5-7-22/h4-11,13-14H,12H2,1-3H3,(H,30,31)/b20-11+. The van der Waals surface area contributed by atoms with Gasteiger partial charge in [-0.3, -0.25) is 4.79 Å². The van der Waals surface area contributed by atoms with Crippen molar-refractivity contribution in [2.45, 2.75) is 20.3 Å². The summed E-state index contributed by atoms with van der Waals surface area (Å²) in [6.07, 6.45) is 2.09. The molecule has 0 aromatic heterocycles. The van der Waals surface area contributed by atoms with Crippen molar-refractivity contribution in [1.82, 2.24) is 0 Å². The first-order valence-electron chi connectivity index (χ1n) is 9.91. The summed E-state index contributed by atoms with van der Waals surface area (Å²) >= 11 is 12.5. The lowest BCUT2D eigenvalue weighted by Gasteiger charge is -2.13. The number of hydrogen-bond donors (Lipinski definition) is 1. The molecule has 0 heterocycles. The zero-order valence-electron chi connectivity index (χ0n) is 18.0. The van der Waals surface area contributed by atoms with Gasteiger partial charge in [0, 0.05) is 27.7 Å². The number of methoxy groups -OCH3 is 1. The fourth-order valence-corrected chi connectivity index (χ4v) is 3.90. The number of benzene rings is 3. The second-order valence-electron chi connectivity index (χ2n) is 7.49. The Morgan fingerprint density at radius 3 is 2.31 bits per heavy atom. The van der Waals surface area contributed by atoms with Crippen LogP contribution in [0.4, 0.5) is 5.69 Å². The predicted molar refractivity (Wildman–Crippen MR) is 130 cm³/mol. The molecule has 3 aromatic carbocycles. The van der Waals surface area contributed by atoms with Crippen molar-refractivity contribution in [3.63, 3.8) is 0 Å². The van der Waals surface area contributed by atoms with E-state index < -0.39 is 5.91 Å². The van der Waals surface area contributed by atoms with E-state index in [0.29, 0.717) is 33.5 Å². The van der Waals surface area contributed by atoms with Crippen LogP contribution in [0.15, 0.2) is 60.2 Å². The lowest BCUT2D eigenvalue weighted by molar-refractivity contribution is -0.112. The molecule has 0 aliphatic heterocycles. The molecule has 0 bridgehead atoms. The van der Waals surface area contributed by atoms with E-state index in [0.717, 1.165) is 11.1 Å². The smallest absolute Gasteiger partial charge is 0.266 e. The van der Waals surface area contributed by atoms with Gasteiger partial charge in [-0.1, -0.05) is 52.5 Å². The monoisotopic (exact) mass is 464 g/mol. The van der Waals surface area contributed by atoms with E-state index in [9.17, 15) is 10.1 Å². The third-order valence-electron chi connectivity index (χ3n) is 4.84. The number of nitrogens with zero attached hydrogens (tertiary/aromatic N) is 1. The molecule has 0 unspecified atom stereocenters. The van der Waals surface area contributed by atoms with Crippen molar-refractivity contribution < 1.29 is 9.53 Å². The Hall–Kier alpha value is -3.26. The first kappa shape index (κ1) is 23.4. The first-order chi connectivity index (χ1) is 15.3. The fraction of sp³-hybridized carbons (Fsp3) is 0.154. The Morgan fingerprint density at radius 1 is 1.06 bits per heavy atom. The highest BCUT2D eigenvalue weighted by Crippen LogP contribution is 2.32. The van der Waals surface area contributed by atoms with Gasteiger partial charge >= 0.3 is 0 Å². The highest BCUT2D eigenvalue weighted by Gasteiger charge is 2.14. The number of aryl methyl sites for hydroxylation is 2. The molecule has 0 fully saturated rings. The molecule has 3 rings (SSSR count). The van der Waals surface area contributed by atoms with Crippen LogP contribution in [-0.4, -0.2) is 13.0 Å². The van der Waals surface area contributed by atoms with Crippen LogP contribution in [0.2, 0.25) is 10.0 Å². The summed E-state index contributed by atoms with van der Waals surface area (Å²) in [6, 6.07) is 18.4. The van der Waals surface area contributed by atoms with Crippen LogP contribution < -0.4 is 10.1 Å². The van der Waals surface area contributed by atoms with Gasteiger partial charge in [-0.05, 0) is 67.4 Å². The van der Waals surface area contributed by atoms with Crippen molar-refractivity contribution in [2.24, 2.45) is 0 Å². The van der Waals surface area contributed by atoms with E-state index in [1.165, 1.54) is 17.2 Å². The molecular weight excluding hydrogens is 443 g/mol. The van der Waals surface area contributed by atoms with Gasteiger partial charge < -0.3 is 10.1 Å². The molecule has 3 aromatic rings. The Morgan fingerprint density at radius 2 is 1.72 bits per heavy atom. The summed E-state index contributed by atoms with van der Waals surface area (Å²) in [6.45, 7) is 4.11. The van der Waals surface area contributed by atoms with E-state index in [-0.39, 0.29) is 5.57 Å². The molecule has 0 saturated carbocycles. The van der Waals surface area contributed by atoms with Crippen LogP contribution in [0.1, 0.15) is 27.8 Å². The second-order valence-corrected chi connectivity index (χ2v) is 8.33. The zero-order valence-corrected chi connectivity index (χ0v) is 19.5. The van der Waals surface area contributed by atoms with E-state index in [1.807, 2.05) is 6.07 Å². The van der Waals surface area contributed by atoms with Gasteiger partial charge in [-0.15, -0.1) is 0 Å². The number of carbonyl (C=O) groups excluding carboxylic acids is 1. The quantitative estimate of drug-likeness (QED) is 0.323. The maximum Gasteiger partial charge on any atom is 0.266 e. The third-order valence-corrected chi connectivity index (χ3v) is 5.43. The van der Waals surface area contributed by atoms with Crippen LogP contribution in [0.25, 0.3) is 6.08 Å². The number of hydrogen-bond acceptors (Lipinski definition) is 3. The average Bonchev–Trinajstić information content (AvgIpc) is 2.74. The van der Waals surface area contributed by atoms with Gasteiger partial charge in [0.25, 0.3) is 5.91 Å². The number of carbonyl (C=O) groups is 1. The fourth-order valence-electron chi connectivity index (χ4n) is 3.49. The Labute approximate surface area is 198 Å². The van der Waals surface area contributed by atoms with Crippen molar-refractivity contribution >= 4 is 40.9 Å². The van der Waals surface area contributed by atoms with Crippen molar-refractivity contribution in [1.29, 1.82) is 5.26 Å². The van der Waals surface area contributed by atoms with E-state index in [2.05, 4.69) is 37.4 Å². The van der Waals surface area contributed by atoms with Crippen molar-refractivity contribution in [2.75, 3.05) is 12.4 Å². The second kappa shape index (κ2) is 10.4. The molecule has 0 radical (unpaired) electrons. The Kier molecular flexibility index (Phi) is 7.58. The van der Waals surface area contributed by atoms with Gasteiger partial charge in [0.1, 0.15) is 17.4 Å². The maximum absolute atomic E-state index is 12.5. The molecule has 1 N–H and O–H groups in total. The number of ether oxygens (including phenoxy) is 1. The van der Waals surface area contributed by atoms with Crippen LogP contribution in [0, 0.1) is 25.2 Å². The number of nitrogens with one attached hydrogen (secondary N) is 1. The highest BCUT2D eigenvalue weighted by atomic mass is 35.5. The summed E-state index contributed by atoms with van der Waals surface area (Å²) in [5.41, 5.74) is 5.42. The summed E-state index contributed by atoms with van der Waals surface area (Å²) in [5.74, 6) is 0.0718. The molecule has 4 nitrogen and oxygen atoms in total. The number of rotatable bonds is 6. The van der Waals surface area contributed by atoms with Crippen LogP contribution in [0.5, 0.6) is 5.75 Å². The SMILES string of the molecule is COc1cc(/C=C(\C#N)C(=O)Nc2ccc(Cl)cc2)cc(Cl)c1Cc1cc(C)cc(C)c1. The summed E-state index contributed by atoms with van der Waals surface area (Å²) in [4.78, 5) is 12.5. The van der Waals surface area contributed by atoms with Gasteiger partial charge in [0.15, 0.2) is 0 Å². The van der Waals surface area contributed by atoms with E-state index in [4.69, 9.17) is 27.9 Å². The normalized spacial score (nSPS) is 11.1. The molecular formula is C26H22Cl2N2O2. The molecule has 0 saturated heterocycles. The number of halogens is 2. The minimum Gasteiger partial charge on any atom is -0.496 e. The van der Waals surface area contributed by atoms with E-state index >= 15 is 0 Å². The summed E-state index contributed by atoms with van der Waals surface area (Å²) in [7, 11) is 1.57. The summed E-state index contributed by atoms with van der Waals surface area (Å²) < 4.78 is 5.57. The third kappa shape index (κ3) is 5.91. The number of anilines is 1. The lowest BCUT2D eigenvalue weighted by Crippen LogP contribution is -2.13. The Balaban J connectivity index is 1.89. The van der Waals surface area contributed by atoms with Crippen LogP contribution in [-0.2, 0) is 11.2 Å². The van der Waals surface area contributed by atoms with Gasteiger partial charge in [-0.25, -0.2) is 0 Å². The molecule has 6 heteroatoms.